The fourth-order valence-corrected chi connectivity index (χ4v) is 5.28. The highest BCUT2D eigenvalue weighted by atomic mass is 19.4. The van der Waals surface area contributed by atoms with Crippen molar-refractivity contribution in [2.45, 2.75) is 82.5 Å². The van der Waals surface area contributed by atoms with E-state index in [9.17, 15) is 35.9 Å². The molecule has 1 aromatic heterocycles. The number of aromatic nitrogens is 2. The first-order chi connectivity index (χ1) is 17.8. The zero-order valence-corrected chi connectivity index (χ0v) is 21.0. The Morgan fingerprint density at radius 1 is 1.13 bits per heavy atom. The molecule has 4 rings (SSSR count). The molecule has 2 aromatic rings. The number of nitrogens with zero attached hydrogens (tertiary/aromatic N) is 1. The normalized spacial score (nSPS) is 23.4. The van der Waals surface area contributed by atoms with Crippen LogP contribution in [0.5, 0.6) is 0 Å². The van der Waals surface area contributed by atoms with Gasteiger partial charge < -0.3 is 15.6 Å². The van der Waals surface area contributed by atoms with Gasteiger partial charge in [0, 0.05) is 25.2 Å². The number of alkyl halides is 6. The topological polar surface area (TPSA) is 86.9 Å². The standard InChI is InChI=1S/C26H32F6N4O2/c1-14(33-21(37)8-11-26(30,31)32)16-3-5-19-20(12-16)35-23(34-19)22(15-6-9-25(28,29)10-7-15)36-24(38)18-4-2-17(18)13-27/h3,5,12,14-15,17-18,22H,2,4,6-11,13H2,1H3,(H,33,37)(H,34,35)(H,36,38)/t14-,17-,18-,22+/m1/s1. The van der Waals surface area contributed by atoms with Gasteiger partial charge >= 0.3 is 6.18 Å². The lowest BCUT2D eigenvalue weighted by Gasteiger charge is -2.37. The molecule has 2 fully saturated rings. The molecule has 0 saturated heterocycles. The summed E-state index contributed by atoms with van der Waals surface area (Å²) in [6.45, 7) is 1.06. The van der Waals surface area contributed by atoms with Crippen LogP contribution in [0.4, 0.5) is 26.3 Å². The van der Waals surface area contributed by atoms with Crippen LogP contribution >= 0.6 is 0 Å². The number of amides is 2. The highest BCUT2D eigenvalue weighted by Crippen LogP contribution is 2.42. The van der Waals surface area contributed by atoms with Gasteiger partial charge in [-0.25, -0.2) is 13.8 Å². The number of carbonyl (C=O) groups excluding carboxylic acids is 2. The number of hydrogen-bond donors (Lipinski definition) is 3. The number of fused-ring (bicyclic) bond motifs is 1. The lowest BCUT2D eigenvalue weighted by molar-refractivity contribution is -0.144. The van der Waals surface area contributed by atoms with Crippen molar-refractivity contribution in [3.8, 4) is 0 Å². The fraction of sp³-hybridized carbons (Fsp3) is 0.654. The number of aromatic amines is 1. The van der Waals surface area contributed by atoms with Gasteiger partial charge in [-0.15, -0.1) is 0 Å². The van der Waals surface area contributed by atoms with Gasteiger partial charge in [0.2, 0.25) is 17.7 Å². The number of halogens is 6. The van der Waals surface area contributed by atoms with Crippen LogP contribution in [0.25, 0.3) is 11.0 Å². The smallest absolute Gasteiger partial charge is 0.350 e. The first-order valence-corrected chi connectivity index (χ1v) is 12.9. The third-order valence-electron chi connectivity index (χ3n) is 7.82. The molecule has 4 atom stereocenters. The second-order valence-electron chi connectivity index (χ2n) is 10.6. The van der Waals surface area contributed by atoms with E-state index in [1.165, 1.54) is 0 Å². The molecule has 1 aromatic carbocycles. The zero-order chi connectivity index (χ0) is 27.7. The summed E-state index contributed by atoms with van der Waals surface area (Å²) in [6.07, 6.45) is -5.29. The van der Waals surface area contributed by atoms with Crippen LogP contribution in [0.15, 0.2) is 18.2 Å². The lowest BCUT2D eigenvalue weighted by Crippen LogP contribution is -2.45. The molecule has 2 aliphatic carbocycles. The van der Waals surface area contributed by atoms with Crippen molar-refractivity contribution in [2.75, 3.05) is 6.67 Å². The molecule has 2 aliphatic rings. The van der Waals surface area contributed by atoms with Crippen molar-refractivity contribution in [3.63, 3.8) is 0 Å². The Hall–Kier alpha value is -2.79. The van der Waals surface area contributed by atoms with Crippen LogP contribution in [-0.4, -0.2) is 40.6 Å². The molecule has 12 heteroatoms. The van der Waals surface area contributed by atoms with Gasteiger partial charge in [0.1, 0.15) is 5.82 Å². The van der Waals surface area contributed by atoms with Crippen molar-refractivity contribution in [1.82, 2.24) is 20.6 Å². The Morgan fingerprint density at radius 2 is 1.84 bits per heavy atom. The van der Waals surface area contributed by atoms with E-state index in [0.29, 0.717) is 35.3 Å². The Kier molecular flexibility index (Phi) is 8.27. The molecule has 38 heavy (non-hydrogen) atoms. The molecule has 3 N–H and O–H groups in total. The molecule has 0 aliphatic heterocycles. The van der Waals surface area contributed by atoms with Crippen molar-refractivity contribution < 1.29 is 35.9 Å². The summed E-state index contributed by atoms with van der Waals surface area (Å²) in [5.74, 6) is -4.45. The van der Waals surface area contributed by atoms with Crippen LogP contribution in [0.1, 0.15) is 81.8 Å². The minimum Gasteiger partial charge on any atom is -0.350 e. The molecule has 210 valence electrons. The molecule has 0 bridgehead atoms. The number of imidazole rings is 1. The van der Waals surface area contributed by atoms with E-state index in [-0.39, 0.29) is 43.4 Å². The minimum absolute atomic E-state index is 0.193. The third-order valence-corrected chi connectivity index (χ3v) is 7.82. The van der Waals surface area contributed by atoms with E-state index in [1.807, 2.05) is 0 Å². The first-order valence-electron chi connectivity index (χ1n) is 12.9. The van der Waals surface area contributed by atoms with E-state index in [1.54, 1.807) is 25.1 Å². The fourth-order valence-electron chi connectivity index (χ4n) is 5.28. The highest BCUT2D eigenvalue weighted by molar-refractivity contribution is 5.81. The van der Waals surface area contributed by atoms with Crippen LogP contribution in [0.2, 0.25) is 0 Å². The summed E-state index contributed by atoms with van der Waals surface area (Å²) >= 11 is 0. The van der Waals surface area contributed by atoms with Crippen LogP contribution < -0.4 is 10.6 Å². The molecule has 2 amide bonds. The van der Waals surface area contributed by atoms with Crippen LogP contribution in [0, 0.1) is 17.8 Å². The van der Waals surface area contributed by atoms with E-state index in [4.69, 9.17) is 0 Å². The maximum Gasteiger partial charge on any atom is 0.389 e. The second kappa shape index (κ2) is 11.1. The number of hydrogen-bond acceptors (Lipinski definition) is 3. The zero-order valence-electron chi connectivity index (χ0n) is 21.0. The summed E-state index contributed by atoms with van der Waals surface area (Å²) < 4.78 is 78.1. The van der Waals surface area contributed by atoms with Crippen molar-refractivity contribution in [2.24, 2.45) is 17.8 Å². The Labute approximate surface area is 216 Å². The van der Waals surface area contributed by atoms with Gasteiger partial charge in [0.05, 0.1) is 36.2 Å². The minimum atomic E-state index is -4.42. The monoisotopic (exact) mass is 546 g/mol. The summed E-state index contributed by atoms with van der Waals surface area (Å²) in [5, 5.41) is 5.51. The SMILES string of the molecule is C[C@@H](NC(=O)CCC(F)(F)F)c1ccc2nc([C@@H](NC(=O)[C@@H]3CC[C@@H]3CF)C3CCC(F)(F)CC3)[nH]c2c1. The molecule has 1 heterocycles. The molecule has 0 unspecified atom stereocenters. The Balaban J connectivity index is 1.52. The van der Waals surface area contributed by atoms with Gasteiger partial charge in [-0.1, -0.05) is 6.07 Å². The molecule has 6 nitrogen and oxygen atoms in total. The largest absolute Gasteiger partial charge is 0.389 e. The van der Waals surface area contributed by atoms with E-state index in [2.05, 4.69) is 20.6 Å². The Bertz CT molecular complexity index is 1140. The van der Waals surface area contributed by atoms with Gasteiger partial charge in [-0.3, -0.25) is 14.0 Å². The summed E-state index contributed by atoms with van der Waals surface area (Å²) in [6, 6.07) is 3.85. The number of carbonyl (C=O) groups is 2. The number of H-pyrrole nitrogens is 1. The molecule has 0 radical (unpaired) electrons. The molecule has 0 spiro atoms. The van der Waals surface area contributed by atoms with E-state index >= 15 is 0 Å². The van der Waals surface area contributed by atoms with Gasteiger partial charge in [-0.2, -0.15) is 13.2 Å². The molecule has 2 saturated carbocycles. The third kappa shape index (κ3) is 6.79. The van der Waals surface area contributed by atoms with Crippen molar-refractivity contribution in [1.29, 1.82) is 0 Å². The summed E-state index contributed by atoms with van der Waals surface area (Å²) in [5.41, 5.74) is 1.75. The number of nitrogens with one attached hydrogen (secondary N) is 3. The Morgan fingerprint density at radius 3 is 2.45 bits per heavy atom. The van der Waals surface area contributed by atoms with E-state index in [0.717, 1.165) is 0 Å². The van der Waals surface area contributed by atoms with Crippen molar-refractivity contribution in [3.05, 3.63) is 29.6 Å². The van der Waals surface area contributed by atoms with Crippen molar-refractivity contribution >= 4 is 22.8 Å². The number of benzene rings is 1. The summed E-state index contributed by atoms with van der Waals surface area (Å²) in [4.78, 5) is 32.6. The lowest BCUT2D eigenvalue weighted by atomic mass is 9.73. The van der Waals surface area contributed by atoms with Gasteiger partial charge in [0.15, 0.2) is 0 Å². The second-order valence-corrected chi connectivity index (χ2v) is 10.6. The van der Waals surface area contributed by atoms with Crippen LogP contribution in [-0.2, 0) is 9.59 Å². The maximum atomic E-state index is 13.8. The van der Waals surface area contributed by atoms with Crippen LogP contribution in [0.3, 0.4) is 0 Å². The number of rotatable bonds is 9. The first kappa shape index (κ1) is 28.2. The quantitative estimate of drug-likeness (QED) is 0.334. The predicted octanol–water partition coefficient (Wildman–Crippen LogP) is 6.06. The molecular weight excluding hydrogens is 514 g/mol. The predicted molar refractivity (Wildman–Crippen MR) is 128 cm³/mol. The maximum absolute atomic E-state index is 13.8. The molecular formula is C26H32F6N4O2. The average Bonchev–Trinajstić information content (AvgIpc) is 3.24. The average molecular weight is 547 g/mol. The highest BCUT2D eigenvalue weighted by Gasteiger charge is 2.42. The van der Waals surface area contributed by atoms with Gasteiger partial charge in [0.25, 0.3) is 0 Å². The van der Waals surface area contributed by atoms with Gasteiger partial charge in [-0.05, 0) is 62.1 Å². The summed E-state index contributed by atoms with van der Waals surface area (Å²) in [7, 11) is 0. The van der Waals surface area contributed by atoms with E-state index < -0.39 is 55.5 Å².